The molecule has 0 aliphatic heterocycles. The van der Waals surface area contributed by atoms with E-state index >= 15 is 0 Å². The van der Waals surface area contributed by atoms with E-state index < -0.39 is 30.4 Å². The fourth-order valence-electron chi connectivity index (χ4n) is 3.64. The molecule has 0 aromatic heterocycles. The second-order valence-corrected chi connectivity index (χ2v) is 10.4. The molecule has 40 heavy (non-hydrogen) atoms. The number of hydrogen-bond acceptors (Lipinski definition) is 9. The number of hydrogen-bond donors (Lipinski definition) is 2. The zero-order chi connectivity index (χ0) is 28.9. The predicted octanol–water partition coefficient (Wildman–Crippen LogP) is 4.90. The SMILES string of the molecule is COc1cc(C(=O)NC(CCSC)C(=O)OCC(=O)Nc2ccccc2Sc2ccccc2)cc(OC)c1OC. The van der Waals surface area contributed by atoms with Gasteiger partial charge in [-0.25, -0.2) is 4.79 Å². The van der Waals surface area contributed by atoms with Crippen LogP contribution in [0.25, 0.3) is 0 Å². The molecule has 0 radical (unpaired) electrons. The molecule has 3 aromatic carbocycles. The third-order valence-electron chi connectivity index (χ3n) is 5.61. The van der Waals surface area contributed by atoms with Crippen molar-refractivity contribution in [3.05, 3.63) is 72.3 Å². The van der Waals surface area contributed by atoms with Crippen molar-refractivity contribution >= 4 is 47.0 Å². The second-order valence-electron chi connectivity index (χ2n) is 8.29. The maximum atomic E-state index is 13.1. The fourth-order valence-corrected chi connectivity index (χ4v) is 5.03. The van der Waals surface area contributed by atoms with E-state index in [1.54, 1.807) is 6.07 Å². The number of methoxy groups -OCH3 is 3. The number of nitrogens with one attached hydrogen (secondary N) is 2. The summed E-state index contributed by atoms with van der Waals surface area (Å²) in [4.78, 5) is 40.5. The van der Waals surface area contributed by atoms with Crippen LogP contribution in [0.1, 0.15) is 16.8 Å². The van der Waals surface area contributed by atoms with Gasteiger partial charge in [0.15, 0.2) is 18.1 Å². The molecule has 0 spiro atoms. The first-order chi connectivity index (χ1) is 19.4. The molecule has 0 fully saturated rings. The monoisotopic (exact) mass is 584 g/mol. The highest BCUT2D eigenvalue weighted by atomic mass is 32.2. The first-order valence-corrected chi connectivity index (χ1v) is 14.5. The minimum Gasteiger partial charge on any atom is -0.493 e. The first-order valence-electron chi connectivity index (χ1n) is 12.3. The summed E-state index contributed by atoms with van der Waals surface area (Å²) in [6.45, 7) is -0.501. The molecule has 11 heteroatoms. The lowest BCUT2D eigenvalue weighted by Crippen LogP contribution is -2.43. The Morgan fingerprint density at radius 2 is 1.52 bits per heavy atom. The summed E-state index contributed by atoms with van der Waals surface area (Å²) in [5.74, 6) is -0.194. The van der Waals surface area contributed by atoms with Crippen LogP contribution in [0.4, 0.5) is 5.69 Å². The molecular weight excluding hydrogens is 552 g/mol. The number of amides is 2. The third-order valence-corrected chi connectivity index (χ3v) is 7.33. The highest BCUT2D eigenvalue weighted by molar-refractivity contribution is 7.99. The van der Waals surface area contributed by atoms with E-state index in [1.165, 1.54) is 57.0 Å². The summed E-state index contributed by atoms with van der Waals surface area (Å²) in [7, 11) is 4.36. The topological polar surface area (TPSA) is 112 Å². The maximum Gasteiger partial charge on any atom is 0.329 e. The van der Waals surface area contributed by atoms with Crippen LogP contribution >= 0.6 is 23.5 Å². The summed E-state index contributed by atoms with van der Waals surface area (Å²) in [6, 6.07) is 19.2. The second kappa shape index (κ2) is 15.7. The van der Waals surface area contributed by atoms with Crippen LogP contribution < -0.4 is 24.8 Å². The van der Waals surface area contributed by atoms with Crippen molar-refractivity contribution in [2.45, 2.75) is 22.3 Å². The number of rotatable bonds is 14. The zero-order valence-electron chi connectivity index (χ0n) is 22.7. The molecular formula is C29H32N2O7S2. The van der Waals surface area contributed by atoms with Crippen LogP contribution in [0, 0.1) is 0 Å². The summed E-state index contributed by atoms with van der Waals surface area (Å²) in [5, 5.41) is 5.51. The number of anilines is 1. The normalized spacial score (nSPS) is 11.2. The Hall–Kier alpha value is -3.83. The quantitative estimate of drug-likeness (QED) is 0.256. The van der Waals surface area contributed by atoms with Gasteiger partial charge in [-0.15, -0.1) is 0 Å². The fraction of sp³-hybridized carbons (Fsp3) is 0.276. The lowest BCUT2D eigenvalue weighted by atomic mass is 10.1. The van der Waals surface area contributed by atoms with E-state index in [2.05, 4.69) is 10.6 Å². The number of carbonyl (C=O) groups is 3. The Balaban J connectivity index is 1.65. The van der Waals surface area contributed by atoms with Gasteiger partial charge in [-0.05, 0) is 54.8 Å². The van der Waals surface area contributed by atoms with E-state index in [1.807, 2.05) is 54.8 Å². The van der Waals surface area contributed by atoms with E-state index in [9.17, 15) is 14.4 Å². The third kappa shape index (κ3) is 8.59. The van der Waals surface area contributed by atoms with Gasteiger partial charge in [-0.3, -0.25) is 9.59 Å². The number of para-hydroxylation sites is 1. The number of ether oxygens (including phenoxy) is 4. The molecule has 0 heterocycles. The van der Waals surface area contributed by atoms with Crippen molar-refractivity contribution in [1.29, 1.82) is 0 Å². The molecule has 0 aliphatic carbocycles. The van der Waals surface area contributed by atoms with Crippen molar-refractivity contribution in [3.8, 4) is 17.2 Å². The van der Waals surface area contributed by atoms with Crippen molar-refractivity contribution in [2.24, 2.45) is 0 Å². The van der Waals surface area contributed by atoms with Crippen LogP contribution in [-0.2, 0) is 14.3 Å². The first kappa shape index (κ1) is 30.7. The van der Waals surface area contributed by atoms with Crippen LogP contribution in [0.3, 0.4) is 0 Å². The molecule has 3 aromatic rings. The molecule has 0 aliphatic rings. The van der Waals surface area contributed by atoms with E-state index in [0.717, 1.165) is 9.79 Å². The summed E-state index contributed by atoms with van der Waals surface area (Å²) in [5.41, 5.74) is 0.814. The minimum atomic E-state index is -0.965. The maximum absolute atomic E-state index is 13.1. The van der Waals surface area contributed by atoms with Gasteiger partial charge in [0.1, 0.15) is 6.04 Å². The molecule has 1 unspecified atom stereocenters. The molecule has 0 saturated heterocycles. The zero-order valence-corrected chi connectivity index (χ0v) is 24.4. The van der Waals surface area contributed by atoms with Crippen molar-refractivity contribution in [3.63, 3.8) is 0 Å². The molecule has 2 amide bonds. The van der Waals surface area contributed by atoms with Gasteiger partial charge >= 0.3 is 5.97 Å². The number of benzene rings is 3. The average Bonchev–Trinajstić information content (AvgIpc) is 2.98. The van der Waals surface area contributed by atoms with Crippen LogP contribution in [0.5, 0.6) is 17.2 Å². The standard InChI is InChI=1S/C29H32N2O7S2/c1-35-23-16-19(17-24(36-2)27(23)37-3)28(33)31-22(14-15-39-4)29(34)38-18-26(32)30-21-12-8-9-13-25(21)40-20-10-6-5-7-11-20/h5-13,16-17,22H,14-15,18H2,1-4H3,(H,30,32)(H,31,33). The Labute approximate surface area is 242 Å². The summed E-state index contributed by atoms with van der Waals surface area (Å²) >= 11 is 3.03. The molecule has 2 N–H and O–H groups in total. The van der Waals surface area contributed by atoms with Crippen LogP contribution in [0.2, 0.25) is 0 Å². The van der Waals surface area contributed by atoms with Crippen molar-refractivity contribution in [2.75, 3.05) is 45.3 Å². The van der Waals surface area contributed by atoms with Gasteiger partial charge in [-0.1, -0.05) is 42.1 Å². The number of carbonyl (C=O) groups excluding carboxylic acids is 3. The van der Waals surface area contributed by atoms with Gasteiger partial charge in [0.2, 0.25) is 5.75 Å². The molecule has 1 atom stereocenters. The lowest BCUT2D eigenvalue weighted by molar-refractivity contribution is -0.149. The Bertz CT molecular complexity index is 1280. The van der Waals surface area contributed by atoms with E-state index in [0.29, 0.717) is 35.1 Å². The number of thioether (sulfide) groups is 1. The average molecular weight is 585 g/mol. The van der Waals surface area contributed by atoms with E-state index in [4.69, 9.17) is 18.9 Å². The highest BCUT2D eigenvalue weighted by Crippen LogP contribution is 2.38. The summed E-state index contributed by atoms with van der Waals surface area (Å²) in [6.07, 6.45) is 2.20. The number of esters is 1. The van der Waals surface area contributed by atoms with Gasteiger partial charge in [0.05, 0.1) is 27.0 Å². The highest BCUT2D eigenvalue weighted by Gasteiger charge is 2.25. The van der Waals surface area contributed by atoms with E-state index in [-0.39, 0.29) is 5.56 Å². The molecule has 0 saturated carbocycles. The van der Waals surface area contributed by atoms with Gasteiger partial charge < -0.3 is 29.6 Å². The molecule has 3 rings (SSSR count). The Morgan fingerprint density at radius 1 is 0.875 bits per heavy atom. The molecule has 212 valence electrons. The Morgan fingerprint density at radius 3 is 2.15 bits per heavy atom. The van der Waals surface area contributed by atoms with Crippen LogP contribution in [-0.4, -0.2) is 63.8 Å². The smallest absolute Gasteiger partial charge is 0.329 e. The largest absolute Gasteiger partial charge is 0.493 e. The van der Waals surface area contributed by atoms with Crippen molar-refractivity contribution in [1.82, 2.24) is 5.32 Å². The molecule has 9 nitrogen and oxygen atoms in total. The van der Waals surface area contributed by atoms with Gasteiger partial charge in [0.25, 0.3) is 11.8 Å². The minimum absolute atomic E-state index is 0.210. The predicted molar refractivity (Wildman–Crippen MR) is 157 cm³/mol. The van der Waals surface area contributed by atoms with Gasteiger partial charge in [-0.2, -0.15) is 11.8 Å². The van der Waals surface area contributed by atoms with Crippen molar-refractivity contribution < 1.29 is 33.3 Å². The molecule has 0 bridgehead atoms. The Kier molecular flexibility index (Phi) is 12.0. The van der Waals surface area contributed by atoms with Crippen LogP contribution in [0.15, 0.2) is 76.5 Å². The van der Waals surface area contributed by atoms with Gasteiger partial charge in [0, 0.05) is 15.4 Å². The lowest BCUT2D eigenvalue weighted by Gasteiger charge is -2.19. The summed E-state index contributed by atoms with van der Waals surface area (Å²) < 4.78 is 21.2.